The molecule has 2 N–H and O–H groups in total. The van der Waals surface area contributed by atoms with E-state index in [1.807, 2.05) is 55.5 Å². The molecular formula is C23H25ClN4O2. The zero-order valence-corrected chi connectivity index (χ0v) is 17.7. The number of hydrogen-bond donors (Lipinski definition) is 2. The summed E-state index contributed by atoms with van der Waals surface area (Å²) in [4.78, 5) is 15.0. The highest BCUT2D eigenvalue weighted by Gasteiger charge is 2.24. The van der Waals surface area contributed by atoms with Gasteiger partial charge in [-0.2, -0.15) is 5.10 Å². The van der Waals surface area contributed by atoms with Crippen LogP contribution in [0.3, 0.4) is 0 Å². The van der Waals surface area contributed by atoms with E-state index in [0.717, 1.165) is 36.5 Å². The molecule has 6 nitrogen and oxygen atoms in total. The fourth-order valence-corrected chi connectivity index (χ4v) is 3.88. The number of H-pyrrole nitrogens is 1. The third kappa shape index (κ3) is 4.60. The number of benzene rings is 2. The van der Waals surface area contributed by atoms with Gasteiger partial charge >= 0.3 is 0 Å². The lowest BCUT2D eigenvalue weighted by molar-refractivity contribution is 0.0929. The molecule has 0 bridgehead atoms. The molecule has 1 aliphatic heterocycles. The van der Waals surface area contributed by atoms with Crippen molar-refractivity contribution >= 4 is 23.3 Å². The summed E-state index contributed by atoms with van der Waals surface area (Å²) >= 11 is 5.98. The highest BCUT2D eigenvalue weighted by Crippen LogP contribution is 2.25. The second kappa shape index (κ2) is 9.22. The predicted molar refractivity (Wildman–Crippen MR) is 119 cm³/mol. The van der Waals surface area contributed by atoms with Gasteiger partial charge in [-0.1, -0.05) is 35.9 Å². The second-order valence-electron chi connectivity index (χ2n) is 7.33. The smallest absolute Gasteiger partial charge is 0.255 e. The van der Waals surface area contributed by atoms with Gasteiger partial charge in [-0.05, 0) is 49.6 Å². The average molecular weight is 425 g/mol. The van der Waals surface area contributed by atoms with Crippen LogP contribution in [-0.2, 0) is 0 Å². The van der Waals surface area contributed by atoms with E-state index in [1.165, 1.54) is 0 Å². The van der Waals surface area contributed by atoms with Gasteiger partial charge in [0.2, 0.25) is 0 Å². The van der Waals surface area contributed by atoms with Gasteiger partial charge in [-0.3, -0.25) is 9.89 Å². The van der Waals surface area contributed by atoms with Crippen LogP contribution in [0.15, 0.2) is 54.6 Å². The lowest BCUT2D eigenvalue weighted by Gasteiger charge is -2.33. The number of ether oxygens (including phenoxy) is 1. The minimum Gasteiger partial charge on any atom is -0.493 e. The number of amides is 1. The summed E-state index contributed by atoms with van der Waals surface area (Å²) in [5, 5.41) is 11.5. The standard InChI is InChI=1S/C23H25ClN4O2/c1-2-30-21-8-4-3-7-19(21)23(29)25-18-6-5-13-28(15-18)22-14-20(26-27-22)16-9-11-17(24)12-10-16/h3-4,7-12,14,18H,2,5-6,13,15H2,1H3,(H,25,29)(H,26,27)/t18-/m0/s1. The van der Waals surface area contributed by atoms with E-state index in [9.17, 15) is 4.79 Å². The predicted octanol–water partition coefficient (Wildman–Crippen LogP) is 4.53. The van der Waals surface area contributed by atoms with Crippen LogP contribution in [0.25, 0.3) is 11.3 Å². The maximum absolute atomic E-state index is 12.8. The molecule has 0 spiro atoms. The minimum atomic E-state index is -0.102. The number of aromatic nitrogens is 2. The number of nitrogens with one attached hydrogen (secondary N) is 2. The maximum Gasteiger partial charge on any atom is 0.255 e. The van der Waals surface area contributed by atoms with Crippen molar-refractivity contribution in [3.63, 3.8) is 0 Å². The molecule has 1 amide bonds. The molecular weight excluding hydrogens is 400 g/mol. The minimum absolute atomic E-state index is 0.0524. The summed E-state index contributed by atoms with van der Waals surface area (Å²) in [5.74, 6) is 1.40. The third-order valence-electron chi connectivity index (χ3n) is 5.23. The van der Waals surface area contributed by atoms with Crippen molar-refractivity contribution in [1.82, 2.24) is 15.5 Å². The molecule has 0 radical (unpaired) electrons. The molecule has 2 aromatic carbocycles. The number of para-hydroxylation sites is 1. The number of carbonyl (C=O) groups is 1. The number of piperidine rings is 1. The SMILES string of the molecule is CCOc1ccccc1C(=O)N[C@H]1CCCN(c2cc(-c3ccc(Cl)cc3)[nH]n2)C1. The monoisotopic (exact) mass is 424 g/mol. The number of hydrogen-bond acceptors (Lipinski definition) is 4. The van der Waals surface area contributed by atoms with Crippen molar-refractivity contribution in [2.24, 2.45) is 0 Å². The Morgan fingerprint density at radius 2 is 2.07 bits per heavy atom. The zero-order chi connectivity index (χ0) is 20.9. The number of rotatable bonds is 6. The average Bonchev–Trinajstić information content (AvgIpc) is 3.25. The number of carbonyl (C=O) groups excluding carboxylic acids is 1. The Hall–Kier alpha value is -2.99. The van der Waals surface area contributed by atoms with Crippen molar-refractivity contribution in [2.45, 2.75) is 25.8 Å². The quantitative estimate of drug-likeness (QED) is 0.610. The van der Waals surface area contributed by atoms with Gasteiger partial charge in [-0.25, -0.2) is 0 Å². The lowest BCUT2D eigenvalue weighted by atomic mass is 10.0. The Balaban J connectivity index is 1.43. The van der Waals surface area contributed by atoms with Gasteiger partial charge in [0.05, 0.1) is 17.9 Å². The molecule has 0 unspecified atom stereocenters. The molecule has 1 aliphatic rings. The van der Waals surface area contributed by atoms with E-state index in [1.54, 1.807) is 6.07 Å². The Morgan fingerprint density at radius 3 is 2.87 bits per heavy atom. The molecule has 30 heavy (non-hydrogen) atoms. The van der Waals surface area contributed by atoms with Crippen molar-refractivity contribution in [3.8, 4) is 17.0 Å². The summed E-state index contributed by atoms with van der Waals surface area (Å²) < 4.78 is 5.60. The van der Waals surface area contributed by atoms with Crippen LogP contribution < -0.4 is 15.0 Å². The van der Waals surface area contributed by atoms with Crippen molar-refractivity contribution in [2.75, 3.05) is 24.6 Å². The molecule has 1 saturated heterocycles. The van der Waals surface area contributed by atoms with Crippen LogP contribution in [0.1, 0.15) is 30.1 Å². The summed E-state index contributed by atoms with van der Waals surface area (Å²) in [5.41, 5.74) is 2.55. The molecule has 1 atom stereocenters. The largest absolute Gasteiger partial charge is 0.493 e. The van der Waals surface area contributed by atoms with E-state index in [4.69, 9.17) is 16.3 Å². The normalized spacial score (nSPS) is 16.3. The van der Waals surface area contributed by atoms with Gasteiger partial charge in [0.15, 0.2) is 5.82 Å². The van der Waals surface area contributed by atoms with Gasteiger partial charge in [0.1, 0.15) is 5.75 Å². The van der Waals surface area contributed by atoms with Crippen LogP contribution >= 0.6 is 11.6 Å². The molecule has 7 heteroatoms. The summed E-state index contributed by atoms with van der Waals surface area (Å²) in [6.45, 7) is 4.06. The summed E-state index contributed by atoms with van der Waals surface area (Å²) in [6, 6.07) is 17.1. The van der Waals surface area contributed by atoms with Crippen LogP contribution in [0.2, 0.25) is 5.02 Å². The first-order valence-corrected chi connectivity index (χ1v) is 10.6. The lowest BCUT2D eigenvalue weighted by Crippen LogP contribution is -2.48. The first-order valence-electron chi connectivity index (χ1n) is 10.2. The van der Waals surface area contributed by atoms with E-state index in [-0.39, 0.29) is 11.9 Å². The number of aromatic amines is 1. The summed E-state index contributed by atoms with van der Waals surface area (Å²) in [7, 11) is 0. The van der Waals surface area contributed by atoms with Crippen molar-refractivity contribution in [3.05, 3.63) is 65.2 Å². The first kappa shape index (κ1) is 20.3. The van der Waals surface area contributed by atoms with Crippen molar-refractivity contribution < 1.29 is 9.53 Å². The molecule has 3 aromatic rings. The fourth-order valence-electron chi connectivity index (χ4n) is 3.75. The topological polar surface area (TPSA) is 70.2 Å². The zero-order valence-electron chi connectivity index (χ0n) is 16.9. The molecule has 156 valence electrons. The van der Waals surface area contributed by atoms with Crippen LogP contribution in [-0.4, -0.2) is 41.8 Å². The number of anilines is 1. The molecule has 2 heterocycles. The molecule has 1 aromatic heterocycles. The highest BCUT2D eigenvalue weighted by atomic mass is 35.5. The Kier molecular flexibility index (Phi) is 6.23. The molecule has 0 aliphatic carbocycles. The number of nitrogens with zero attached hydrogens (tertiary/aromatic N) is 2. The van der Waals surface area contributed by atoms with Crippen LogP contribution in [0.5, 0.6) is 5.75 Å². The van der Waals surface area contributed by atoms with E-state index < -0.39 is 0 Å². The van der Waals surface area contributed by atoms with Crippen LogP contribution in [0, 0.1) is 0 Å². The van der Waals surface area contributed by atoms with Gasteiger partial charge < -0.3 is 15.0 Å². The number of halogens is 1. The van der Waals surface area contributed by atoms with E-state index in [2.05, 4.69) is 20.4 Å². The molecule has 4 rings (SSSR count). The third-order valence-corrected chi connectivity index (χ3v) is 5.48. The van der Waals surface area contributed by atoms with Gasteiger partial charge in [0, 0.05) is 30.2 Å². The van der Waals surface area contributed by atoms with Gasteiger partial charge in [-0.15, -0.1) is 0 Å². The second-order valence-corrected chi connectivity index (χ2v) is 7.77. The summed E-state index contributed by atoms with van der Waals surface area (Å²) in [6.07, 6.45) is 1.93. The molecule has 0 saturated carbocycles. The Labute approximate surface area is 181 Å². The Bertz CT molecular complexity index is 1000. The highest BCUT2D eigenvalue weighted by molar-refractivity contribution is 6.30. The van der Waals surface area contributed by atoms with E-state index >= 15 is 0 Å². The van der Waals surface area contributed by atoms with Crippen molar-refractivity contribution in [1.29, 1.82) is 0 Å². The van der Waals surface area contributed by atoms with Crippen LogP contribution in [0.4, 0.5) is 5.82 Å². The molecule has 1 fully saturated rings. The van der Waals surface area contributed by atoms with Gasteiger partial charge in [0.25, 0.3) is 5.91 Å². The first-order chi connectivity index (χ1) is 14.6. The van der Waals surface area contributed by atoms with E-state index in [0.29, 0.717) is 29.5 Å². The Morgan fingerprint density at radius 1 is 1.27 bits per heavy atom. The maximum atomic E-state index is 12.8. The fraction of sp³-hybridized carbons (Fsp3) is 0.304.